The minimum absolute atomic E-state index is 0.0149. The van der Waals surface area contributed by atoms with Gasteiger partial charge in [-0.1, -0.05) is 17.7 Å². The number of hydrogen-bond acceptors (Lipinski definition) is 3. The number of benzene rings is 1. The van der Waals surface area contributed by atoms with E-state index in [1.807, 2.05) is 39.0 Å². The molecule has 1 fully saturated rings. The van der Waals surface area contributed by atoms with E-state index in [1.54, 1.807) is 6.92 Å². The van der Waals surface area contributed by atoms with Crippen LogP contribution in [0.15, 0.2) is 48.8 Å². The first-order chi connectivity index (χ1) is 15.0. The van der Waals surface area contributed by atoms with Crippen molar-refractivity contribution in [2.75, 3.05) is 13.1 Å². The Morgan fingerprint density at radius 1 is 0.968 bits per heavy atom. The maximum absolute atomic E-state index is 13.2. The molecule has 2 aromatic heterocycles. The molecule has 0 spiro atoms. The topological polar surface area (TPSA) is 63.4 Å². The average Bonchev–Trinajstić information content (AvgIpc) is 3.50. The molecule has 0 unspecified atom stereocenters. The van der Waals surface area contributed by atoms with Crippen LogP contribution in [-0.2, 0) is 22.7 Å². The monoisotopic (exact) mass is 417 g/mol. The molecule has 2 aliphatic rings. The van der Waals surface area contributed by atoms with Crippen LogP contribution < -0.4 is 0 Å². The third kappa shape index (κ3) is 3.54. The van der Waals surface area contributed by atoms with Gasteiger partial charge < -0.3 is 14.4 Å². The Balaban J connectivity index is 1.40. The van der Waals surface area contributed by atoms with Crippen molar-refractivity contribution < 1.29 is 9.59 Å². The number of piperidine rings is 1. The highest BCUT2D eigenvalue weighted by atomic mass is 16.2. The van der Waals surface area contributed by atoms with Gasteiger partial charge in [-0.2, -0.15) is 5.10 Å². The van der Waals surface area contributed by atoms with Crippen molar-refractivity contribution in [1.82, 2.24) is 24.1 Å². The first kappa shape index (κ1) is 19.6. The molecule has 0 saturated carbocycles. The van der Waals surface area contributed by atoms with Crippen LogP contribution in [0.1, 0.15) is 36.6 Å². The van der Waals surface area contributed by atoms with E-state index in [9.17, 15) is 9.59 Å². The van der Waals surface area contributed by atoms with Gasteiger partial charge in [0.25, 0.3) is 0 Å². The smallest absolute Gasteiger partial charge is 0.226 e. The lowest BCUT2D eigenvalue weighted by atomic mass is 9.95. The van der Waals surface area contributed by atoms with E-state index in [2.05, 4.69) is 35.8 Å². The number of carbonyl (C=O) groups is 2. The summed E-state index contributed by atoms with van der Waals surface area (Å²) >= 11 is 0. The van der Waals surface area contributed by atoms with Crippen LogP contribution in [0.3, 0.4) is 0 Å². The predicted octanol–water partition coefficient (Wildman–Crippen LogP) is 3.07. The van der Waals surface area contributed by atoms with E-state index in [-0.39, 0.29) is 17.7 Å². The standard InChI is InChI=1S/C24H27N5O2/c1-17-5-7-20(8-6-17)29-23(27-11-3-4-12-27)21-15-28(16-22(21)25-29)24(31)19-9-13-26(14-10-19)18(2)30/h3-8,11-12,19H,9-10,13-16H2,1-2H3. The molecule has 0 N–H and O–H groups in total. The van der Waals surface area contributed by atoms with Gasteiger partial charge in [-0.05, 0) is 44.0 Å². The molecular weight excluding hydrogens is 390 g/mol. The molecule has 160 valence electrons. The van der Waals surface area contributed by atoms with Gasteiger partial charge >= 0.3 is 0 Å². The van der Waals surface area contributed by atoms with Gasteiger partial charge in [0.15, 0.2) is 0 Å². The number of nitrogens with zero attached hydrogens (tertiary/aromatic N) is 5. The number of fused-ring (bicyclic) bond motifs is 1. The predicted molar refractivity (Wildman–Crippen MR) is 117 cm³/mol. The lowest BCUT2D eigenvalue weighted by molar-refractivity contribution is -0.140. The van der Waals surface area contributed by atoms with Gasteiger partial charge in [-0.25, -0.2) is 4.68 Å². The summed E-state index contributed by atoms with van der Waals surface area (Å²) < 4.78 is 4.06. The lowest BCUT2D eigenvalue weighted by Crippen LogP contribution is -2.42. The molecule has 7 nitrogen and oxygen atoms in total. The summed E-state index contributed by atoms with van der Waals surface area (Å²) in [6.07, 6.45) is 5.51. The minimum Gasteiger partial charge on any atom is -0.343 e. The molecule has 0 aliphatic carbocycles. The molecular formula is C24H27N5O2. The number of amides is 2. The lowest BCUT2D eigenvalue weighted by Gasteiger charge is -2.32. The summed E-state index contributed by atoms with van der Waals surface area (Å²) in [6.45, 7) is 6.11. The van der Waals surface area contributed by atoms with Gasteiger partial charge in [0.1, 0.15) is 5.82 Å². The third-order valence-electron chi connectivity index (χ3n) is 6.46. The van der Waals surface area contributed by atoms with Gasteiger partial charge in [-0.15, -0.1) is 0 Å². The normalized spacial score (nSPS) is 16.6. The van der Waals surface area contributed by atoms with Crippen LogP contribution in [0.2, 0.25) is 0 Å². The Bertz CT molecular complexity index is 1110. The first-order valence-corrected chi connectivity index (χ1v) is 10.9. The molecule has 31 heavy (non-hydrogen) atoms. The molecule has 0 radical (unpaired) electrons. The zero-order valence-electron chi connectivity index (χ0n) is 18.0. The van der Waals surface area contributed by atoms with Gasteiger partial charge in [0.2, 0.25) is 11.8 Å². The van der Waals surface area contributed by atoms with Crippen molar-refractivity contribution in [3.8, 4) is 11.5 Å². The van der Waals surface area contributed by atoms with Crippen LogP contribution in [0.5, 0.6) is 0 Å². The zero-order chi connectivity index (χ0) is 21.5. The van der Waals surface area contributed by atoms with E-state index in [1.165, 1.54) is 5.56 Å². The summed E-state index contributed by atoms with van der Waals surface area (Å²) in [5, 5.41) is 4.91. The van der Waals surface area contributed by atoms with E-state index in [0.717, 1.165) is 35.6 Å². The fourth-order valence-electron chi connectivity index (χ4n) is 4.66. The highest BCUT2D eigenvalue weighted by Crippen LogP contribution is 2.32. The number of carbonyl (C=O) groups excluding carboxylic acids is 2. The van der Waals surface area contributed by atoms with Crippen LogP contribution in [0.4, 0.5) is 0 Å². The summed E-state index contributed by atoms with van der Waals surface area (Å²) in [7, 11) is 0. The molecule has 1 aromatic carbocycles. The van der Waals surface area contributed by atoms with Crippen molar-refractivity contribution in [3.05, 3.63) is 65.6 Å². The molecule has 0 bridgehead atoms. The van der Waals surface area contributed by atoms with Gasteiger partial charge in [0, 0.05) is 43.9 Å². The number of aromatic nitrogens is 3. The van der Waals surface area contributed by atoms with Crippen molar-refractivity contribution in [3.63, 3.8) is 0 Å². The highest BCUT2D eigenvalue weighted by molar-refractivity contribution is 5.80. The molecule has 0 atom stereocenters. The highest BCUT2D eigenvalue weighted by Gasteiger charge is 2.35. The summed E-state index contributed by atoms with van der Waals surface area (Å²) in [4.78, 5) is 28.6. The maximum Gasteiger partial charge on any atom is 0.226 e. The summed E-state index contributed by atoms with van der Waals surface area (Å²) in [5.41, 5.74) is 4.28. The largest absolute Gasteiger partial charge is 0.343 e. The average molecular weight is 418 g/mol. The Morgan fingerprint density at radius 2 is 1.65 bits per heavy atom. The minimum atomic E-state index is -0.0149. The quantitative estimate of drug-likeness (QED) is 0.658. The van der Waals surface area contributed by atoms with Crippen molar-refractivity contribution in [1.29, 1.82) is 0 Å². The van der Waals surface area contributed by atoms with E-state index in [0.29, 0.717) is 26.2 Å². The Labute approximate surface area is 181 Å². The molecule has 4 heterocycles. The SMILES string of the molecule is CC(=O)N1CCC(C(=O)N2Cc3nn(-c4ccc(C)cc4)c(-n4cccc4)c3C2)CC1. The fraction of sp³-hybridized carbons (Fsp3) is 0.375. The zero-order valence-corrected chi connectivity index (χ0v) is 18.0. The van der Waals surface area contributed by atoms with Crippen LogP contribution >= 0.6 is 0 Å². The second kappa shape index (κ2) is 7.72. The Morgan fingerprint density at radius 3 is 2.29 bits per heavy atom. The maximum atomic E-state index is 13.2. The number of aryl methyl sites for hydroxylation is 1. The van der Waals surface area contributed by atoms with Gasteiger partial charge in [-0.3, -0.25) is 9.59 Å². The number of hydrogen-bond donors (Lipinski definition) is 0. The molecule has 2 amide bonds. The van der Waals surface area contributed by atoms with E-state index in [4.69, 9.17) is 5.10 Å². The Kier molecular flexibility index (Phi) is 4.88. The Hall–Kier alpha value is -3.35. The number of rotatable bonds is 3. The summed E-state index contributed by atoms with van der Waals surface area (Å²) in [6, 6.07) is 12.3. The second-order valence-corrected chi connectivity index (χ2v) is 8.56. The van der Waals surface area contributed by atoms with E-state index < -0.39 is 0 Å². The van der Waals surface area contributed by atoms with E-state index >= 15 is 0 Å². The van der Waals surface area contributed by atoms with Gasteiger partial charge in [0.05, 0.1) is 24.5 Å². The molecule has 3 aromatic rings. The summed E-state index contributed by atoms with van der Waals surface area (Å²) in [5.74, 6) is 1.25. The molecule has 5 rings (SSSR count). The fourth-order valence-corrected chi connectivity index (χ4v) is 4.66. The van der Waals surface area contributed by atoms with Crippen LogP contribution in [-0.4, -0.2) is 49.1 Å². The van der Waals surface area contributed by atoms with Crippen LogP contribution in [0.25, 0.3) is 11.5 Å². The van der Waals surface area contributed by atoms with Crippen molar-refractivity contribution >= 4 is 11.8 Å². The van der Waals surface area contributed by atoms with Crippen molar-refractivity contribution in [2.24, 2.45) is 5.92 Å². The van der Waals surface area contributed by atoms with Crippen LogP contribution in [0, 0.1) is 12.8 Å². The molecule has 2 aliphatic heterocycles. The number of likely N-dealkylation sites (tertiary alicyclic amines) is 1. The third-order valence-corrected chi connectivity index (χ3v) is 6.46. The molecule has 7 heteroatoms. The molecule has 1 saturated heterocycles. The first-order valence-electron chi connectivity index (χ1n) is 10.9. The van der Waals surface area contributed by atoms with Crippen molar-refractivity contribution in [2.45, 2.75) is 39.8 Å². The second-order valence-electron chi connectivity index (χ2n) is 8.56.